The van der Waals surface area contributed by atoms with Crippen molar-refractivity contribution in [1.82, 2.24) is 0 Å². The van der Waals surface area contributed by atoms with Crippen molar-refractivity contribution in [2.45, 2.75) is 19.4 Å². The Morgan fingerprint density at radius 3 is 2.19 bits per heavy atom. The number of hydrogen-bond acceptors (Lipinski definition) is 7. The zero-order valence-electron chi connectivity index (χ0n) is 9.35. The molecule has 0 saturated carbocycles. The minimum atomic E-state index is -1.62. The number of rotatable bonds is 5. The first kappa shape index (κ1) is 23.5. The van der Waals surface area contributed by atoms with Gasteiger partial charge in [-0.3, -0.25) is 0 Å². The Hall–Kier alpha value is 2.45. The number of carbonyl (C=O) groups is 2. The van der Waals surface area contributed by atoms with Crippen LogP contribution in [0.4, 0.5) is 0 Å². The van der Waals surface area contributed by atoms with Crippen LogP contribution in [-0.2, 0) is 14.3 Å². The van der Waals surface area contributed by atoms with Gasteiger partial charge in [0.15, 0.2) is 0 Å². The second kappa shape index (κ2) is 13.9. The van der Waals surface area contributed by atoms with Crippen LogP contribution in [0.15, 0.2) is 0 Å². The summed E-state index contributed by atoms with van der Waals surface area (Å²) in [5.41, 5.74) is 0. The summed E-state index contributed by atoms with van der Waals surface area (Å²) < 4.78 is 4.66. The number of carboxylic acids is 2. The third kappa shape index (κ3) is 12.9. The Morgan fingerprint density at radius 1 is 1.38 bits per heavy atom. The maximum atomic E-state index is 10.4. The standard InChI is InChI=1S/C7H10O5S2.2K/c1-2-14-7(13)12-4(6(10)11)3-5(8)9;;/h4H,2-3H2,1H3,(H,8,9)(H,10,11);;/q;2*+1/p-2/t4-;;/m0../s1. The van der Waals surface area contributed by atoms with E-state index in [-0.39, 0.29) is 107 Å². The van der Waals surface area contributed by atoms with Crippen LogP contribution in [0.5, 0.6) is 0 Å². The van der Waals surface area contributed by atoms with Crippen molar-refractivity contribution in [3.05, 3.63) is 0 Å². The Kier molecular flexibility index (Phi) is 20.4. The van der Waals surface area contributed by atoms with Crippen LogP contribution < -0.4 is 113 Å². The number of thiocarbonyl (C=S) groups is 1. The van der Waals surface area contributed by atoms with Gasteiger partial charge in [-0.1, -0.05) is 18.7 Å². The van der Waals surface area contributed by atoms with Gasteiger partial charge in [-0.05, 0) is 18.0 Å². The van der Waals surface area contributed by atoms with E-state index in [1.165, 1.54) is 0 Å². The Labute approximate surface area is 188 Å². The van der Waals surface area contributed by atoms with Crippen LogP contribution in [0, 0.1) is 0 Å². The Balaban J connectivity index is -0.000000845. The van der Waals surface area contributed by atoms with E-state index in [2.05, 4.69) is 17.0 Å². The quantitative estimate of drug-likeness (QED) is 0.368. The molecule has 0 aliphatic carbocycles. The minimum absolute atomic E-state index is 0. The first-order chi connectivity index (χ1) is 6.47. The van der Waals surface area contributed by atoms with Crippen LogP contribution in [0.25, 0.3) is 0 Å². The molecule has 0 amide bonds. The van der Waals surface area contributed by atoms with E-state index in [4.69, 9.17) is 0 Å². The van der Waals surface area contributed by atoms with Crippen LogP contribution in [0.3, 0.4) is 0 Å². The van der Waals surface area contributed by atoms with Crippen LogP contribution in [0.1, 0.15) is 13.3 Å². The summed E-state index contributed by atoms with van der Waals surface area (Å²) in [6.45, 7) is 1.80. The monoisotopic (exact) mass is 314 g/mol. The van der Waals surface area contributed by atoms with Crippen molar-refractivity contribution in [2.75, 3.05) is 5.75 Å². The molecule has 0 N–H and O–H groups in total. The van der Waals surface area contributed by atoms with Gasteiger partial charge in [0, 0.05) is 12.4 Å². The Bertz CT molecular complexity index is 249. The largest absolute Gasteiger partial charge is 1.00 e. The molecule has 0 rings (SSSR count). The molecule has 9 heteroatoms. The molecule has 0 heterocycles. The summed E-state index contributed by atoms with van der Waals surface area (Å²) in [5.74, 6) is -2.53. The molecule has 0 aliphatic heterocycles. The first-order valence-corrected chi connectivity index (χ1v) is 5.10. The first-order valence-electron chi connectivity index (χ1n) is 3.71. The zero-order chi connectivity index (χ0) is 11.1. The molecule has 1 atom stereocenters. The summed E-state index contributed by atoms with van der Waals surface area (Å²) in [5, 5.41) is 20.5. The molecule has 0 aliphatic rings. The molecule has 0 aromatic carbocycles. The van der Waals surface area contributed by atoms with Crippen molar-refractivity contribution in [2.24, 2.45) is 0 Å². The fourth-order valence-electron chi connectivity index (χ4n) is 0.593. The van der Waals surface area contributed by atoms with Crippen LogP contribution >= 0.6 is 24.0 Å². The van der Waals surface area contributed by atoms with E-state index in [0.717, 1.165) is 11.8 Å². The van der Waals surface area contributed by atoms with Crippen LogP contribution in [-0.4, -0.2) is 28.2 Å². The number of thioether (sulfide) groups is 1. The van der Waals surface area contributed by atoms with Crippen molar-refractivity contribution in [1.29, 1.82) is 0 Å². The summed E-state index contributed by atoms with van der Waals surface area (Å²) in [7, 11) is 0. The van der Waals surface area contributed by atoms with Crippen molar-refractivity contribution in [3.63, 3.8) is 0 Å². The maximum absolute atomic E-state index is 10.4. The fraction of sp³-hybridized carbons (Fsp3) is 0.571. The summed E-state index contributed by atoms with van der Waals surface area (Å²) in [4.78, 5) is 20.5. The molecular formula is C7H8K2O5S2. The molecule has 0 aromatic rings. The summed E-state index contributed by atoms with van der Waals surface area (Å²) in [6, 6.07) is 0. The predicted molar refractivity (Wildman–Crippen MR) is 50.2 cm³/mol. The number of carboxylic acid groups (broad SMARTS) is 2. The van der Waals surface area contributed by atoms with Gasteiger partial charge < -0.3 is 24.5 Å². The van der Waals surface area contributed by atoms with E-state index in [0.29, 0.717) is 5.75 Å². The molecule has 80 valence electrons. The van der Waals surface area contributed by atoms with E-state index in [1.807, 2.05) is 0 Å². The predicted octanol–water partition coefficient (Wildman–Crippen LogP) is -7.69. The fourth-order valence-corrected chi connectivity index (χ4v) is 1.48. The average Bonchev–Trinajstić information content (AvgIpc) is 2.02. The van der Waals surface area contributed by atoms with Crippen molar-refractivity contribution in [3.8, 4) is 0 Å². The van der Waals surface area contributed by atoms with E-state index in [1.54, 1.807) is 6.92 Å². The maximum Gasteiger partial charge on any atom is 1.00 e. The average molecular weight is 314 g/mol. The smallest absolute Gasteiger partial charge is 0.550 e. The van der Waals surface area contributed by atoms with Crippen LogP contribution in [0.2, 0.25) is 0 Å². The van der Waals surface area contributed by atoms with Gasteiger partial charge in [0.25, 0.3) is 0 Å². The SMILES string of the molecule is CCSC(=S)O[C@@H](CC(=O)[O-])C(=O)[O-].[K+].[K+]. The molecule has 16 heavy (non-hydrogen) atoms. The topological polar surface area (TPSA) is 89.5 Å². The van der Waals surface area contributed by atoms with Gasteiger partial charge in [-0.2, -0.15) is 0 Å². The molecule has 5 nitrogen and oxygen atoms in total. The second-order valence-corrected chi connectivity index (χ2v) is 4.05. The molecule has 0 bridgehead atoms. The van der Waals surface area contributed by atoms with Gasteiger partial charge in [0.05, 0.1) is 5.97 Å². The van der Waals surface area contributed by atoms with E-state index >= 15 is 0 Å². The number of aliphatic carboxylic acids is 2. The minimum Gasteiger partial charge on any atom is -0.550 e. The van der Waals surface area contributed by atoms with Gasteiger partial charge in [0.1, 0.15) is 6.10 Å². The summed E-state index contributed by atoms with van der Waals surface area (Å²) >= 11 is 5.75. The van der Waals surface area contributed by atoms with Crippen molar-refractivity contribution < 1.29 is 127 Å². The molecule has 0 fully saturated rings. The molecule has 0 radical (unpaired) electrons. The third-order valence-corrected chi connectivity index (χ3v) is 2.19. The van der Waals surface area contributed by atoms with E-state index in [9.17, 15) is 19.8 Å². The third-order valence-electron chi connectivity index (χ3n) is 1.12. The molecule has 0 unspecified atom stereocenters. The van der Waals surface area contributed by atoms with Gasteiger partial charge in [-0.25, -0.2) is 0 Å². The summed E-state index contributed by atoms with van der Waals surface area (Å²) in [6.07, 6.45) is -2.35. The Morgan fingerprint density at radius 2 is 1.88 bits per heavy atom. The number of hydrogen-bond donors (Lipinski definition) is 0. The van der Waals surface area contributed by atoms with Crippen molar-refractivity contribution >= 4 is 40.3 Å². The second-order valence-electron chi connectivity index (χ2n) is 2.18. The molecule has 0 saturated heterocycles. The van der Waals surface area contributed by atoms with Gasteiger partial charge in [0.2, 0.25) is 4.38 Å². The molecule has 0 aromatic heterocycles. The normalized spacial score (nSPS) is 10.3. The van der Waals surface area contributed by atoms with Gasteiger partial charge >= 0.3 is 103 Å². The molecule has 0 spiro atoms. The van der Waals surface area contributed by atoms with E-state index < -0.39 is 24.5 Å². The number of ether oxygens (including phenoxy) is 1. The zero-order valence-corrected chi connectivity index (χ0v) is 17.2. The van der Waals surface area contributed by atoms with Gasteiger partial charge in [-0.15, -0.1) is 0 Å². The molecular weight excluding hydrogens is 306 g/mol. The number of carbonyl (C=O) groups excluding carboxylic acids is 2.